The summed E-state index contributed by atoms with van der Waals surface area (Å²) in [6.45, 7) is 8.56. The molecule has 8 nitrogen and oxygen atoms in total. The maximum absolute atomic E-state index is 13.9. The Morgan fingerprint density at radius 2 is 1.66 bits per heavy atom. The highest BCUT2D eigenvalue weighted by Gasteiger charge is 2.41. The van der Waals surface area contributed by atoms with Crippen molar-refractivity contribution in [2.45, 2.75) is 83.7 Å². The molecule has 0 aliphatic carbocycles. The molecule has 3 amide bonds. The number of likely N-dealkylation sites (N-methyl/N-ethyl adjacent to an activating group) is 1. The number of alkyl halides is 3. The van der Waals surface area contributed by atoms with Gasteiger partial charge in [0, 0.05) is 25.7 Å². The molecule has 1 fully saturated rings. The zero-order valence-electron chi connectivity index (χ0n) is 26.3. The van der Waals surface area contributed by atoms with Crippen molar-refractivity contribution in [2.24, 2.45) is 11.1 Å². The standard InChI is InChI=1S/C33H46F3N5O3/c1-22(38-5)29(42)39-28(32(2,3)4)31(44)41-18-9-12-26(41)21-40(19-17-23-10-7-6-8-11-23)30(43)27(37)20-24-13-15-25(16-14-24)33(34,35)36/h6-8,10-11,13-16,22,26-28,38H,9,12,17-21,37H2,1-5H3,(H,39,42)/t22-,26-,27?,28+/m0/s1. The molecular weight excluding hydrogens is 571 g/mol. The fourth-order valence-electron chi connectivity index (χ4n) is 5.39. The smallest absolute Gasteiger partial charge is 0.342 e. The van der Waals surface area contributed by atoms with Crippen LogP contribution in [0.4, 0.5) is 13.2 Å². The molecule has 2 aromatic carbocycles. The molecule has 3 rings (SSSR count). The van der Waals surface area contributed by atoms with Crippen molar-refractivity contribution in [3.63, 3.8) is 0 Å². The van der Waals surface area contributed by atoms with Gasteiger partial charge in [-0.3, -0.25) is 14.4 Å². The number of benzene rings is 2. The van der Waals surface area contributed by atoms with Gasteiger partial charge in [0.2, 0.25) is 17.7 Å². The number of amides is 3. The number of hydrogen-bond acceptors (Lipinski definition) is 5. The van der Waals surface area contributed by atoms with Crippen LogP contribution in [0.2, 0.25) is 0 Å². The molecule has 2 aromatic rings. The van der Waals surface area contributed by atoms with Crippen LogP contribution in [-0.2, 0) is 33.4 Å². The van der Waals surface area contributed by atoms with Gasteiger partial charge in [-0.15, -0.1) is 0 Å². The van der Waals surface area contributed by atoms with Crippen molar-refractivity contribution >= 4 is 17.7 Å². The predicted molar refractivity (Wildman–Crippen MR) is 164 cm³/mol. The minimum Gasteiger partial charge on any atom is -0.342 e. The van der Waals surface area contributed by atoms with Gasteiger partial charge >= 0.3 is 6.18 Å². The predicted octanol–water partition coefficient (Wildman–Crippen LogP) is 3.78. The first kappa shape index (κ1) is 35.0. The lowest BCUT2D eigenvalue weighted by Crippen LogP contribution is -2.59. The van der Waals surface area contributed by atoms with E-state index in [1.807, 2.05) is 51.1 Å². The molecule has 1 heterocycles. The maximum Gasteiger partial charge on any atom is 0.416 e. The number of nitrogens with two attached hydrogens (primary N) is 1. The highest BCUT2D eigenvalue weighted by atomic mass is 19.4. The molecule has 0 bridgehead atoms. The van der Waals surface area contributed by atoms with E-state index in [1.54, 1.807) is 23.8 Å². The number of halogens is 3. The Morgan fingerprint density at radius 3 is 2.23 bits per heavy atom. The van der Waals surface area contributed by atoms with E-state index in [9.17, 15) is 27.6 Å². The Kier molecular flexibility index (Phi) is 12.0. The molecule has 0 aromatic heterocycles. The van der Waals surface area contributed by atoms with Gasteiger partial charge in [0.1, 0.15) is 6.04 Å². The van der Waals surface area contributed by atoms with Gasteiger partial charge in [0.25, 0.3) is 0 Å². The molecule has 4 atom stereocenters. The Labute approximate surface area is 258 Å². The lowest BCUT2D eigenvalue weighted by Gasteiger charge is -2.38. The minimum atomic E-state index is -4.45. The monoisotopic (exact) mass is 617 g/mol. The van der Waals surface area contributed by atoms with Crippen LogP contribution in [0.5, 0.6) is 0 Å². The summed E-state index contributed by atoms with van der Waals surface area (Å²) in [5.41, 5.74) is 6.61. The Hall–Kier alpha value is -3.44. The number of hydrogen-bond donors (Lipinski definition) is 3. The maximum atomic E-state index is 13.9. The number of likely N-dealkylation sites (tertiary alicyclic amines) is 1. The van der Waals surface area contributed by atoms with Gasteiger partial charge in [0.05, 0.1) is 17.6 Å². The van der Waals surface area contributed by atoms with Crippen LogP contribution in [0.3, 0.4) is 0 Å². The lowest BCUT2D eigenvalue weighted by molar-refractivity contribution is -0.142. The molecule has 1 saturated heterocycles. The van der Waals surface area contributed by atoms with Crippen LogP contribution in [-0.4, -0.2) is 78.4 Å². The van der Waals surface area contributed by atoms with Gasteiger partial charge in [-0.25, -0.2) is 0 Å². The van der Waals surface area contributed by atoms with E-state index in [4.69, 9.17) is 5.73 Å². The second-order valence-electron chi connectivity index (χ2n) is 12.7. The zero-order valence-corrected chi connectivity index (χ0v) is 26.3. The molecule has 0 saturated carbocycles. The van der Waals surface area contributed by atoms with Gasteiger partial charge in [-0.05, 0) is 68.3 Å². The largest absolute Gasteiger partial charge is 0.416 e. The van der Waals surface area contributed by atoms with E-state index in [-0.39, 0.29) is 36.7 Å². The molecule has 0 radical (unpaired) electrons. The van der Waals surface area contributed by atoms with Crippen molar-refractivity contribution in [1.82, 2.24) is 20.4 Å². The topological polar surface area (TPSA) is 108 Å². The molecule has 11 heteroatoms. The zero-order chi connectivity index (χ0) is 32.7. The average Bonchev–Trinajstić information content (AvgIpc) is 3.44. The third-order valence-electron chi connectivity index (χ3n) is 8.20. The normalized spacial score (nSPS) is 17.6. The first-order valence-corrected chi connectivity index (χ1v) is 15.1. The van der Waals surface area contributed by atoms with E-state index >= 15 is 0 Å². The number of carbonyl (C=O) groups is 3. The number of rotatable bonds is 12. The van der Waals surface area contributed by atoms with Gasteiger partial charge in [-0.1, -0.05) is 63.2 Å². The van der Waals surface area contributed by atoms with Crippen LogP contribution in [0.25, 0.3) is 0 Å². The summed E-state index contributed by atoms with van der Waals surface area (Å²) in [5.74, 6) is -0.796. The summed E-state index contributed by atoms with van der Waals surface area (Å²) in [6, 6.07) is 11.9. The number of carbonyl (C=O) groups excluding carboxylic acids is 3. The van der Waals surface area contributed by atoms with Crippen molar-refractivity contribution in [2.75, 3.05) is 26.7 Å². The quantitative estimate of drug-likeness (QED) is 0.336. The van der Waals surface area contributed by atoms with E-state index in [0.29, 0.717) is 31.5 Å². The van der Waals surface area contributed by atoms with Gasteiger partial charge < -0.3 is 26.2 Å². The van der Waals surface area contributed by atoms with Crippen molar-refractivity contribution in [3.05, 3.63) is 71.3 Å². The van der Waals surface area contributed by atoms with E-state index < -0.39 is 35.3 Å². The van der Waals surface area contributed by atoms with Gasteiger partial charge in [-0.2, -0.15) is 13.2 Å². The van der Waals surface area contributed by atoms with Crippen molar-refractivity contribution < 1.29 is 27.6 Å². The molecule has 1 aliphatic heterocycles. The molecule has 1 unspecified atom stereocenters. The van der Waals surface area contributed by atoms with Crippen LogP contribution in [0.1, 0.15) is 57.2 Å². The summed E-state index contributed by atoms with van der Waals surface area (Å²) in [6.07, 6.45) is -2.36. The SMILES string of the molecule is CN[C@@H](C)C(=O)N[C@H](C(=O)N1CCC[C@H]1CN(CCc1ccccc1)C(=O)C(N)Cc1ccc(C(F)(F)F)cc1)C(C)(C)C. The number of nitrogens with zero attached hydrogens (tertiary/aromatic N) is 2. The minimum absolute atomic E-state index is 0.0773. The molecular formula is C33H46F3N5O3. The lowest BCUT2D eigenvalue weighted by atomic mass is 9.85. The third-order valence-corrected chi connectivity index (χ3v) is 8.20. The summed E-state index contributed by atoms with van der Waals surface area (Å²) >= 11 is 0. The fourth-order valence-corrected chi connectivity index (χ4v) is 5.39. The third kappa shape index (κ3) is 9.53. The second-order valence-corrected chi connectivity index (χ2v) is 12.7. The highest BCUT2D eigenvalue weighted by molar-refractivity contribution is 5.90. The van der Waals surface area contributed by atoms with Crippen LogP contribution in [0.15, 0.2) is 54.6 Å². The van der Waals surface area contributed by atoms with Crippen LogP contribution < -0.4 is 16.4 Å². The van der Waals surface area contributed by atoms with Crippen molar-refractivity contribution in [3.8, 4) is 0 Å². The first-order valence-electron chi connectivity index (χ1n) is 15.1. The number of nitrogens with one attached hydrogen (secondary N) is 2. The Bertz CT molecular complexity index is 1250. The van der Waals surface area contributed by atoms with E-state index in [2.05, 4.69) is 10.6 Å². The fraction of sp³-hybridized carbons (Fsp3) is 0.545. The first-order chi connectivity index (χ1) is 20.6. The summed E-state index contributed by atoms with van der Waals surface area (Å²) in [4.78, 5) is 43.9. The van der Waals surface area contributed by atoms with E-state index in [0.717, 1.165) is 24.1 Å². The molecule has 4 N–H and O–H groups in total. The molecule has 1 aliphatic rings. The van der Waals surface area contributed by atoms with Gasteiger partial charge in [0.15, 0.2) is 0 Å². The molecule has 242 valence electrons. The molecule has 44 heavy (non-hydrogen) atoms. The average molecular weight is 618 g/mol. The van der Waals surface area contributed by atoms with Crippen LogP contribution >= 0.6 is 0 Å². The van der Waals surface area contributed by atoms with Crippen LogP contribution in [0, 0.1) is 5.41 Å². The Morgan fingerprint density at radius 1 is 1.02 bits per heavy atom. The summed E-state index contributed by atoms with van der Waals surface area (Å²) in [7, 11) is 1.68. The summed E-state index contributed by atoms with van der Waals surface area (Å²) < 4.78 is 39.0. The molecule has 0 spiro atoms. The highest BCUT2D eigenvalue weighted by Crippen LogP contribution is 2.29. The van der Waals surface area contributed by atoms with Crippen molar-refractivity contribution in [1.29, 1.82) is 0 Å². The Balaban J connectivity index is 1.80. The second kappa shape index (κ2) is 15.0. The summed E-state index contributed by atoms with van der Waals surface area (Å²) in [5, 5.41) is 5.82. The van der Waals surface area contributed by atoms with E-state index in [1.165, 1.54) is 12.1 Å².